The molecular formula is C16H30N2O2. The third-order valence-corrected chi connectivity index (χ3v) is 5.16. The van der Waals surface area contributed by atoms with E-state index in [2.05, 4.69) is 31.4 Å². The molecule has 116 valence electrons. The lowest BCUT2D eigenvalue weighted by Gasteiger charge is -2.34. The highest BCUT2D eigenvalue weighted by Gasteiger charge is 2.28. The summed E-state index contributed by atoms with van der Waals surface area (Å²) < 4.78 is 5.63. The first kappa shape index (κ1) is 15.8. The molecule has 1 amide bonds. The smallest absolute Gasteiger partial charge is 0.234 e. The quantitative estimate of drug-likeness (QED) is 0.812. The summed E-state index contributed by atoms with van der Waals surface area (Å²) in [7, 11) is 0. The van der Waals surface area contributed by atoms with Gasteiger partial charge in [-0.2, -0.15) is 0 Å². The van der Waals surface area contributed by atoms with Gasteiger partial charge < -0.3 is 15.4 Å². The highest BCUT2D eigenvalue weighted by atomic mass is 16.5. The Labute approximate surface area is 123 Å². The number of hydrogen-bond donors (Lipinski definition) is 2. The molecule has 0 aromatic carbocycles. The number of rotatable bonds is 5. The van der Waals surface area contributed by atoms with Crippen molar-refractivity contribution in [3.8, 4) is 0 Å². The molecule has 2 aliphatic rings. The summed E-state index contributed by atoms with van der Waals surface area (Å²) in [4.78, 5) is 12.1. The molecule has 1 saturated carbocycles. The summed E-state index contributed by atoms with van der Waals surface area (Å²) in [5.41, 5.74) is 0. The lowest BCUT2D eigenvalue weighted by atomic mass is 9.78. The van der Waals surface area contributed by atoms with Crippen LogP contribution in [0.25, 0.3) is 0 Å². The van der Waals surface area contributed by atoms with Crippen molar-refractivity contribution in [2.75, 3.05) is 13.2 Å². The summed E-state index contributed by atoms with van der Waals surface area (Å²) >= 11 is 0. The molecular weight excluding hydrogens is 252 g/mol. The number of hydrogen-bond acceptors (Lipinski definition) is 3. The van der Waals surface area contributed by atoms with Crippen LogP contribution in [0.2, 0.25) is 0 Å². The Hall–Kier alpha value is -0.610. The first-order valence-corrected chi connectivity index (χ1v) is 8.22. The van der Waals surface area contributed by atoms with E-state index in [1.165, 1.54) is 12.8 Å². The van der Waals surface area contributed by atoms with E-state index in [4.69, 9.17) is 4.74 Å². The van der Waals surface area contributed by atoms with Crippen LogP contribution in [0.15, 0.2) is 0 Å². The molecule has 1 aliphatic carbocycles. The predicted octanol–water partition coefficient (Wildman–Crippen LogP) is 2.08. The summed E-state index contributed by atoms with van der Waals surface area (Å²) in [5.74, 6) is 1.43. The minimum atomic E-state index is 0.126. The topological polar surface area (TPSA) is 50.4 Å². The van der Waals surface area contributed by atoms with Crippen LogP contribution in [0, 0.1) is 11.8 Å². The van der Waals surface area contributed by atoms with Gasteiger partial charge in [0.25, 0.3) is 0 Å². The van der Waals surface area contributed by atoms with Crippen LogP contribution in [-0.4, -0.2) is 37.2 Å². The van der Waals surface area contributed by atoms with Gasteiger partial charge in [0, 0.05) is 18.7 Å². The Morgan fingerprint density at radius 2 is 2.05 bits per heavy atom. The molecule has 0 bridgehead atoms. The second-order valence-corrected chi connectivity index (χ2v) is 6.66. The molecule has 1 heterocycles. The van der Waals surface area contributed by atoms with Crippen molar-refractivity contribution < 1.29 is 9.53 Å². The molecule has 0 radical (unpaired) electrons. The van der Waals surface area contributed by atoms with Gasteiger partial charge in [0.2, 0.25) is 5.91 Å². The fourth-order valence-corrected chi connectivity index (χ4v) is 3.43. The van der Waals surface area contributed by atoms with Crippen molar-refractivity contribution in [2.24, 2.45) is 11.8 Å². The third kappa shape index (κ3) is 4.19. The van der Waals surface area contributed by atoms with E-state index in [9.17, 15) is 4.79 Å². The van der Waals surface area contributed by atoms with E-state index in [0.29, 0.717) is 24.4 Å². The van der Waals surface area contributed by atoms with Crippen LogP contribution in [-0.2, 0) is 9.53 Å². The molecule has 4 nitrogen and oxygen atoms in total. The van der Waals surface area contributed by atoms with Gasteiger partial charge in [0.1, 0.15) is 0 Å². The Bertz CT molecular complexity index is 316. The van der Waals surface area contributed by atoms with Gasteiger partial charge in [0.05, 0.1) is 12.6 Å². The molecule has 0 spiro atoms. The molecule has 1 aliphatic heterocycles. The van der Waals surface area contributed by atoms with Gasteiger partial charge in [-0.25, -0.2) is 0 Å². The van der Waals surface area contributed by atoms with Crippen molar-refractivity contribution in [1.82, 2.24) is 10.6 Å². The third-order valence-electron chi connectivity index (χ3n) is 5.16. The SMILES string of the molecule is C[C@H]1[C@H](C)CCC[C@@H]1NC(=O)CN[C@H](C)[C@@H]1CCCO1. The number of carbonyl (C=O) groups is 1. The van der Waals surface area contributed by atoms with Gasteiger partial charge in [0.15, 0.2) is 0 Å². The number of amides is 1. The molecule has 2 fully saturated rings. The fourth-order valence-electron chi connectivity index (χ4n) is 3.43. The lowest BCUT2D eigenvalue weighted by molar-refractivity contribution is -0.121. The highest BCUT2D eigenvalue weighted by Crippen LogP contribution is 2.29. The van der Waals surface area contributed by atoms with Crippen molar-refractivity contribution >= 4 is 5.91 Å². The zero-order valence-corrected chi connectivity index (χ0v) is 13.2. The van der Waals surface area contributed by atoms with E-state index >= 15 is 0 Å². The van der Waals surface area contributed by atoms with E-state index in [-0.39, 0.29) is 18.1 Å². The molecule has 5 atom stereocenters. The average Bonchev–Trinajstić information content (AvgIpc) is 2.95. The van der Waals surface area contributed by atoms with E-state index in [0.717, 1.165) is 25.9 Å². The second kappa shape index (κ2) is 7.41. The molecule has 20 heavy (non-hydrogen) atoms. The molecule has 0 aromatic rings. The van der Waals surface area contributed by atoms with Crippen molar-refractivity contribution in [2.45, 2.75) is 71.1 Å². The number of ether oxygens (including phenoxy) is 1. The van der Waals surface area contributed by atoms with Crippen molar-refractivity contribution in [1.29, 1.82) is 0 Å². The summed E-state index contributed by atoms with van der Waals surface area (Å²) in [5, 5.41) is 6.51. The van der Waals surface area contributed by atoms with Gasteiger partial charge in [-0.1, -0.05) is 26.7 Å². The van der Waals surface area contributed by atoms with Gasteiger partial charge in [-0.15, -0.1) is 0 Å². The summed E-state index contributed by atoms with van der Waals surface area (Å²) in [6.45, 7) is 7.92. The van der Waals surface area contributed by atoms with Gasteiger partial charge in [-0.05, 0) is 38.0 Å². The van der Waals surface area contributed by atoms with E-state index < -0.39 is 0 Å². The molecule has 4 heteroatoms. The zero-order valence-electron chi connectivity index (χ0n) is 13.2. The Kier molecular flexibility index (Phi) is 5.85. The van der Waals surface area contributed by atoms with Gasteiger partial charge >= 0.3 is 0 Å². The summed E-state index contributed by atoms with van der Waals surface area (Å²) in [6.07, 6.45) is 6.17. The first-order valence-electron chi connectivity index (χ1n) is 8.22. The van der Waals surface area contributed by atoms with Crippen LogP contribution in [0.5, 0.6) is 0 Å². The maximum atomic E-state index is 12.1. The largest absolute Gasteiger partial charge is 0.377 e. The van der Waals surface area contributed by atoms with Crippen LogP contribution >= 0.6 is 0 Å². The second-order valence-electron chi connectivity index (χ2n) is 6.66. The minimum absolute atomic E-state index is 0.126. The number of nitrogens with one attached hydrogen (secondary N) is 2. The number of carbonyl (C=O) groups excluding carboxylic acids is 1. The van der Waals surface area contributed by atoms with Gasteiger partial charge in [-0.3, -0.25) is 4.79 Å². The van der Waals surface area contributed by atoms with Crippen LogP contribution in [0.3, 0.4) is 0 Å². The molecule has 0 aromatic heterocycles. The fraction of sp³-hybridized carbons (Fsp3) is 0.938. The zero-order chi connectivity index (χ0) is 14.5. The van der Waals surface area contributed by atoms with E-state index in [1.54, 1.807) is 0 Å². The van der Waals surface area contributed by atoms with Crippen LogP contribution in [0.4, 0.5) is 0 Å². The monoisotopic (exact) mass is 282 g/mol. The van der Waals surface area contributed by atoms with Crippen LogP contribution in [0.1, 0.15) is 52.9 Å². The first-order chi connectivity index (χ1) is 9.58. The normalized spacial score (nSPS) is 35.8. The highest BCUT2D eigenvalue weighted by molar-refractivity contribution is 5.78. The van der Waals surface area contributed by atoms with E-state index in [1.807, 2.05) is 0 Å². The Balaban J connectivity index is 1.69. The van der Waals surface area contributed by atoms with Crippen molar-refractivity contribution in [3.63, 3.8) is 0 Å². The Morgan fingerprint density at radius 3 is 2.75 bits per heavy atom. The maximum absolute atomic E-state index is 12.1. The minimum Gasteiger partial charge on any atom is -0.377 e. The molecule has 2 rings (SSSR count). The molecule has 0 unspecified atom stereocenters. The summed E-state index contributed by atoms with van der Waals surface area (Å²) in [6, 6.07) is 0.608. The molecule has 2 N–H and O–H groups in total. The lowest BCUT2D eigenvalue weighted by Crippen LogP contribution is -2.49. The molecule has 1 saturated heterocycles. The van der Waals surface area contributed by atoms with Crippen LogP contribution < -0.4 is 10.6 Å². The predicted molar refractivity (Wildman–Crippen MR) is 80.5 cm³/mol. The van der Waals surface area contributed by atoms with Crippen molar-refractivity contribution in [3.05, 3.63) is 0 Å². The maximum Gasteiger partial charge on any atom is 0.234 e. The Morgan fingerprint density at radius 1 is 1.25 bits per heavy atom. The average molecular weight is 282 g/mol. The standard InChI is InChI=1S/C16H30N2O2/c1-11-6-4-7-14(12(11)2)18-16(19)10-17-13(3)15-8-5-9-20-15/h11-15,17H,4-10H2,1-3H3,(H,18,19)/t11-,12+,13-,14+,15+/m1/s1.